The number of ether oxygens (including phenoxy) is 2. The Morgan fingerprint density at radius 2 is 1.82 bits per heavy atom. The molecule has 3 rings (SSSR count). The minimum Gasteiger partial charge on any atom is -0.493 e. The van der Waals surface area contributed by atoms with Crippen molar-refractivity contribution in [3.8, 4) is 17.6 Å². The number of nitrogens with one attached hydrogen (secondary N) is 1. The number of methoxy groups -OCH3 is 1. The maximum atomic E-state index is 13.1. The Labute approximate surface area is 200 Å². The number of hydrogen-bond donors (Lipinski definition) is 1. The molecule has 0 fully saturated rings. The molecule has 3 aromatic rings. The van der Waals surface area contributed by atoms with E-state index in [2.05, 4.69) is 21.2 Å². The van der Waals surface area contributed by atoms with Crippen molar-refractivity contribution < 1.29 is 18.7 Å². The molecule has 0 aliphatic heterocycles. The highest BCUT2D eigenvalue weighted by Crippen LogP contribution is 2.38. The van der Waals surface area contributed by atoms with E-state index in [0.717, 1.165) is 16.7 Å². The molecular formula is C26H22BrFN2O3. The number of halogens is 2. The average Bonchev–Trinajstić information content (AvgIpc) is 2.79. The van der Waals surface area contributed by atoms with E-state index in [1.54, 1.807) is 24.3 Å². The van der Waals surface area contributed by atoms with Crippen LogP contribution in [0.25, 0.3) is 6.08 Å². The highest BCUT2D eigenvalue weighted by Gasteiger charge is 2.15. The Morgan fingerprint density at radius 1 is 1.15 bits per heavy atom. The van der Waals surface area contributed by atoms with Crippen molar-refractivity contribution in [2.45, 2.75) is 20.5 Å². The summed E-state index contributed by atoms with van der Waals surface area (Å²) in [5, 5.41) is 12.4. The van der Waals surface area contributed by atoms with E-state index in [1.807, 2.05) is 38.1 Å². The smallest absolute Gasteiger partial charge is 0.266 e. The number of carbonyl (C=O) groups excluding carboxylic acids is 1. The van der Waals surface area contributed by atoms with Crippen molar-refractivity contribution in [2.75, 3.05) is 12.4 Å². The lowest BCUT2D eigenvalue weighted by molar-refractivity contribution is -0.112. The summed E-state index contributed by atoms with van der Waals surface area (Å²) in [6, 6.07) is 17.1. The zero-order valence-corrected chi connectivity index (χ0v) is 20.0. The first kappa shape index (κ1) is 24.0. The molecule has 0 aromatic heterocycles. The van der Waals surface area contributed by atoms with Gasteiger partial charge in [0.1, 0.15) is 24.1 Å². The summed E-state index contributed by atoms with van der Waals surface area (Å²) < 4.78 is 25.0. The second-order valence-corrected chi connectivity index (χ2v) is 8.19. The lowest BCUT2D eigenvalue weighted by atomic mass is 10.1. The lowest BCUT2D eigenvalue weighted by Crippen LogP contribution is -2.15. The van der Waals surface area contributed by atoms with Gasteiger partial charge in [0.25, 0.3) is 5.91 Å². The fourth-order valence-corrected chi connectivity index (χ4v) is 3.78. The molecule has 33 heavy (non-hydrogen) atoms. The molecule has 3 aromatic carbocycles. The number of aryl methyl sites for hydroxylation is 2. The Bertz CT molecular complexity index is 1230. The maximum Gasteiger partial charge on any atom is 0.266 e. The molecule has 1 amide bonds. The highest BCUT2D eigenvalue weighted by atomic mass is 79.9. The van der Waals surface area contributed by atoms with Crippen LogP contribution in [0.2, 0.25) is 0 Å². The third-order valence-electron chi connectivity index (χ3n) is 4.94. The van der Waals surface area contributed by atoms with E-state index in [-0.39, 0.29) is 18.0 Å². The SMILES string of the molecule is COc1cc(/C=C(/C#N)C(=O)Nc2c(C)cccc2C)cc(Br)c1OCc1ccc(F)cc1. The van der Waals surface area contributed by atoms with E-state index >= 15 is 0 Å². The largest absolute Gasteiger partial charge is 0.493 e. The first-order valence-electron chi connectivity index (χ1n) is 10.1. The second kappa shape index (κ2) is 10.8. The van der Waals surface area contributed by atoms with Crippen LogP contribution >= 0.6 is 15.9 Å². The van der Waals surface area contributed by atoms with Gasteiger partial charge in [0.15, 0.2) is 11.5 Å². The van der Waals surface area contributed by atoms with Gasteiger partial charge >= 0.3 is 0 Å². The topological polar surface area (TPSA) is 71.3 Å². The van der Waals surface area contributed by atoms with E-state index in [0.29, 0.717) is 27.2 Å². The molecule has 0 aliphatic rings. The molecule has 0 unspecified atom stereocenters. The number of carbonyl (C=O) groups is 1. The number of benzene rings is 3. The van der Waals surface area contributed by atoms with Gasteiger partial charge in [-0.3, -0.25) is 4.79 Å². The number of hydrogen-bond acceptors (Lipinski definition) is 4. The van der Waals surface area contributed by atoms with E-state index in [1.165, 1.54) is 25.3 Å². The third kappa shape index (κ3) is 5.99. The molecule has 1 N–H and O–H groups in total. The fourth-order valence-electron chi connectivity index (χ4n) is 3.21. The second-order valence-electron chi connectivity index (χ2n) is 7.34. The predicted octanol–water partition coefficient (Wildman–Crippen LogP) is 6.34. The summed E-state index contributed by atoms with van der Waals surface area (Å²) >= 11 is 3.47. The monoisotopic (exact) mass is 508 g/mol. The molecule has 0 bridgehead atoms. The number of nitriles is 1. The quantitative estimate of drug-likeness (QED) is 0.298. The summed E-state index contributed by atoms with van der Waals surface area (Å²) in [6.07, 6.45) is 1.49. The minimum absolute atomic E-state index is 0.0495. The molecule has 5 nitrogen and oxygen atoms in total. The van der Waals surface area contributed by atoms with Crippen molar-refractivity contribution in [1.29, 1.82) is 5.26 Å². The van der Waals surface area contributed by atoms with Crippen LogP contribution in [0.4, 0.5) is 10.1 Å². The van der Waals surface area contributed by atoms with Crippen molar-refractivity contribution >= 4 is 33.6 Å². The Hall–Kier alpha value is -3.63. The number of para-hydroxylation sites is 1. The van der Waals surface area contributed by atoms with Crippen LogP contribution in [0.5, 0.6) is 11.5 Å². The van der Waals surface area contributed by atoms with E-state index in [9.17, 15) is 14.4 Å². The van der Waals surface area contributed by atoms with Gasteiger partial charge in [0.05, 0.1) is 11.6 Å². The van der Waals surface area contributed by atoms with Crippen LogP contribution in [0.15, 0.2) is 64.6 Å². The van der Waals surface area contributed by atoms with Crippen LogP contribution in [0.1, 0.15) is 22.3 Å². The predicted molar refractivity (Wildman–Crippen MR) is 130 cm³/mol. The van der Waals surface area contributed by atoms with Crippen molar-refractivity contribution in [2.24, 2.45) is 0 Å². The minimum atomic E-state index is -0.498. The van der Waals surface area contributed by atoms with E-state index in [4.69, 9.17) is 9.47 Å². The maximum absolute atomic E-state index is 13.1. The molecule has 0 atom stereocenters. The summed E-state index contributed by atoms with van der Waals surface area (Å²) in [5.74, 6) is 0.0628. The normalized spacial score (nSPS) is 11.0. The molecule has 0 aliphatic carbocycles. The van der Waals surface area contributed by atoms with Gasteiger partial charge < -0.3 is 14.8 Å². The fraction of sp³-hybridized carbons (Fsp3) is 0.154. The van der Waals surface area contributed by atoms with Crippen molar-refractivity contribution in [3.05, 3.63) is 92.7 Å². The van der Waals surface area contributed by atoms with Crippen molar-refractivity contribution in [1.82, 2.24) is 0 Å². The number of amides is 1. The summed E-state index contributed by atoms with van der Waals surface area (Å²) in [5.41, 5.74) is 3.84. The standard InChI is InChI=1S/C26H22BrFN2O3/c1-16-5-4-6-17(2)24(16)30-26(31)20(14-29)11-19-12-22(27)25(23(13-19)32-3)33-15-18-7-9-21(28)10-8-18/h4-13H,15H2,1-3H3,(H,30,31)/b20-11-. The summed E-state index contributed by atoms with van der Waals surface area (Å²) in [6.45, 7) is 4.00. The zero-order chi connectivity index (χ0) is 24.0. The number of rotatable bonds is 7. The van der Waals surface area contributed by atoms with Gasteiger partial charge in [-0.1, -0.05) is 30.3 Å². The van der Waals surface area contributed by atoms with Crippen LogP contribution in [-0.4, -0.2) is 13.0 Å². The van der Waals surface area contributed by atoms with Crippen molar-refractivity contribution in [3.63, 3.8) is 0 Å². The van der Waals surface area contributed by atoms with Crippen LogP contribution in [0.3, 0.4) is 0 Å². The average molecular weight is 509 g/mol. The first-order valence-corrected chi connectivity index (χ1v) is 10.9. The van der Waals surface area contributed by atoms with Crippen LogP contribution in [0, 0.1) is 31.0 Å². The molecule has 0 heterocycles. The molecule has 7 heteroatoms. The van der Waals surface area contributed by atoms with Gasteiger partial charge in [0, 0.05) is 5.69 Å². The number of nitrogens with zero attached hydrogens (tertiary/aromatic N) is 1. The van der Waals surface area contributed by atoms with Crippen LogP contribution < -0.4 is 14.8 Å². The molecule has 0 saturated carbocycles. The lowest BCUT2D eigenvalue weighted by Gasteiger charge is -2.14. The Kier molecular flexibility index (Phi) is 7.86. The zero-order valence-electron chi connectivity index (χ0n) is 18.4. The Morgan fingerprint density at radius 3 is 2.42 bits per heavy atom. The molecule has 0 saturated heterocycles. The first-order chi connectivity index (χ1) is 15.8. The van der Waals surface area contributed by atoms with Gasteiger partial charge in [-0.05, 0) is 82.4 Å². The van der Waals surface area contributed by atoms with Gasteiger partial charge in [0.2, 0.25) is 0 Å². The van der Waals surface area contributed by atoms with E-state index < -0.39 is 5.91 Å². The third-order valence-corrected chi connectivity index (χ3v) is 5.53. The molecular weight excluding hydrogens is 487 g/mol. The van der Waals surface area contributed by atoms with Gasteiger partial charge in [-0.15, -0.1) is 0 Å². The molecule has 0 radical (unpaired) electrons. The molecule has 0 spiro atoms. The summed E-state index contributed by atoms with van der Waals surface area (Å²) in [4.78, 5) is 12.7. The highest BCUT2D eigenvalue weighted by molar-refractivity contribution is 9.10. The summed E-state index contributed by atoms with van der Waals surface area (Å²) in [7, 11) is 1.50. The van der Waals surface area contributed by atoms with Crippen LogP contribution in [-0.2, 0) is 11.4 Å². The van der Waals surface area contributed by atoms with Gasteiger partial charge in [-0.25, -0.2) is 4.39 Å². The van der Waals surface area contributed by atoms with Gasteiger partial charge in [-0.2, -0.15) is 5.26 Å². The Balaban J connectivity index is 1.84. The molecule has 168 valence electrons. The number of anilines is 1.